The first kappa shape index (κ1) is 18.6. The lowest BCUT2D eigenvalue weighted by atomic mass is 10.1. The maximum atomic E-state index is 9.67. The van der Waals surface area contributed by atoms with E-state index >= 15 is 0 Å². The molecule has 2 aromatic rings. The smallest absolute Gasteiger partial charge is 0.166 e. The summed E-state index contributed by atoms with van der Waals surface area (Å²) in [5.41, 5.74) is 7.74. The van der Waals surface area contributed by atoms with Gasteiger partial charge in [0.2, 0.25) is 0 Å². The monoisotopic (exact) mass is 384 g/mol. The molecule has 0 fully saturated rings. The van der Waals surface area contributed by atoms with Crippen LogP contribution in [0.4, 0.5) is 0 Å². The van der Waals surface area contributed by atoms with E-state index in [1.807, 2.05) is 11.0 Å². The van der Waals surface area contributed by atoms with Crippen molar-refractivity contribution in [3.8, 4) is 11.5 Å². The zero-order valence-electron chi connectivity index (χ0n) is 13.1. The molecule has 2 aromatic carbocycles. The van der Waals surface area contributed by atoms with Gasteiger partial charge in [0.25, 0.3) is 0 Å². The number of ether oxygens (including phenoxy) is 1. The summed E-state index contributed by atoms with van der Waals surface area (Å²) in [5.74, 6) is 0.507. The number of halogens is 2. The van der Waals surface area contributed by atoms with Gasteiger partial charge in [-0.3, -0.25) is 0 Å². The zero-order chi connectivity index (χ0) is 17.7. The number of aromatic hydroxyl groups is 1. The predicted octanol–water partition coefficient (Wildman–Crippen LogP) is 4.00. The fraction of sp³-hybridized carbons (Fsp3) is 0.235. The fourth-order valence-electron chi connectivity index (χ4n) is 2.29. The molecule has 3 N–H and O–H groups in total. The Kier molecular flexibility index (Phi) is 6.54. The van der Waals surface area contributed by atoms with Gasteiger partial charge < -0.3 is 20.5 Å². The number of hydrogen-bond donors (Lipinski definition) is 2. The topological polar surface area (TPSA) is 58.7 Å². The van der Waals surface area contributed by atoms with Gasteiger partial charge in [-0.25, -0.2) is 0 Å². The third-order valence-electron chi connectivity index (χ3n) is 3.60. The highest BCUT2D eigenvalue weighted by Crippen LogP contribution is 2.27. The fourth-order valence-corrected chi connectivity index (χ4v) is 2.95. The number of rotatable bonds is 6. The molecule has 7 heteroatoms. The Bertz CT molecular complexity index is 741. The van der Waals surface area contributed by atoms with Gasteiger partial charge in [0, 0.05) is 23.1 Å². The van der Waals surface area contributed by atoms with E-state index in [0.717, 1.165) is 11.1 Å². The van der Waals surface area contributed by atoms with Gasteiger partial charge in [0.1, 0.15) is 0 Å². The minimum absolute atomic E-state index is 0.0936. The van der Waals surface area contributed by atoms with Crippen LogP contribution in [0.15, 0.2) is 36.4 Å². The van der Waals surface area contributed by atoms with Crippen molar-refractivity contribution in [2.45, 2.75) is 13.0 Å². The Labute approximate surface area is 156 Å². The quantitative estimate of drug-likeness (QED) is 0.737. The van der Waals surface area contributed by atoms with Crippen LogP contribution in [0.3, 0.4) is 0 Å². The van der Waals surface area contributed by atoms with Crippen LogP contribution in [0.2, 0.25) is 10.0 Å². The highest BCUT2D eigenvalue weighted by atomic mass is 35.5. The van der Waals surface area contributed by atoms with Crippen molar-refractivity contribution in [1.29, 1.82) is 0 Å². The molecule has 0 saturated heterocycles. The zero-order valence-corrected chi connectivity index (χ0v) is 15.5. The number of nitrogens with zero attached hydrogens (tertiary/aromatic N) is 1. The Morgan fingerprint density at radius 1 is 1.25 bits per heavy atom. The van der Waals surface area contributed by atoms with Crippen molar-refractivity contribution < 1.29 is 9.84 Å². The van der Waals surface area contributed by atoms with Gasteiger partial charge in [-0.15, -0.1) is 0 Å². The SMILES string of the molecule is COc1cc(CN(CCc2ccc(Cl)cc2Cl)C(N)=S)ccc1O. The van der Waals surface area contributed by atoms with Crippen molar-refractivity contribution in [3.63, 3.8) is 0 Å². The second kappa shape index (κ2) is 8.42. The highest BCUT2D eigenvalue weighted by molar-refractivity contribution is 7.80. The summed E-state index contributed by atoms with van der Waals surface area (Å²) < 4.78 is 5.12. The van der Waals surface area contributed by atoms with Gasteiger partial charge >= 0.3 is 0 Å². The van der Waals surface area contributed by atoms with Gasteiger partial charge in [-0.1, -0.05) is 35.3 Å². The minimum atomic E-state index is 0.0936. The summed E-state index contributed by atoms with van der Waals surface area (Å²) in [6, 6.07) is 10.6. The highest BCUT2D eigenvalue weighted by Gasteiger charge is 2.11. The standard InChI is InChI=1S/C17H18Cl2N2O2S/c1-23-16-8-11(2-5-15(16)22)10-21(17(20)24)7-6-12-3-4-13(18)9-14(12)19/h2-5,8-9,22H,6-7,10H2,1H3,(H2,20,24). The van der Waals surface area contributed by atoms with E-state index in [2.05, 4.69) is 0 Å². The molecule has 0 aliphatic carbocycles. The summed E-state index contributed by atoms with van der Waals surface area (Å²) >= 11 is 17.3. The van der Waals surface area contributed by atoms with Crippen LogP contribution in [-0.2, 0) is 13.0 Å². The van der Waals surface area contributed by atoms with Crippen LogP contribution in [0.5, 0.6) is 11.5 Å². The molecule has 0 unspecified atom stereocenters. The Morgan fingerprint density at radius 3 is 2.62 bits per heavy atom. The van der Waals surface area contributed by atoms with Crippen molar-refractivity contribution in [3.05, 3.63) is 57.6 Å². The molecular formula is C17H18Cl2N2O2S. The van der Waals surface area contributed by atoms with Crippen LogP contribution in [0.1, 0.15) is 11.1 Å². The van der Waals surface area contributed by atoms with Crippen molar-refractivity contribution in [2.24, 2.45) is 5.73 Å². The van der Waals surface area contributed by atoms with E-state index in [-0.39, 0.29) is 5.75 Å². The average molecular weight is 385 g/mol. The molecule has 0 heterocycles. The Morgan fingerprint density at radius 2 is 2.00 bits per heavy atom. The Hall–Kier alpha value is -1.69. The molecule has 128 valence electrons. The van der Waals surface area contributed by atoms with Crippen molar-refractivity contribution >= 4 is 40.5 Å². The molecule has 0 atom stereocenters. The van der Waals surface area contributed by atoms with Crippen molar-refractivity contribution in [1.82, 2.24) is 4.90 Å². The van der Waals surface area contributed by atoms with Gasteiger partial charge in [-0.05, 0) is 54.0 Å². The van der Waals surface area contributed by atoms with Gasteiger partial charge in [-0.2, -0.15) is 0 Å². The maximum Gasteiger partial charge on any atom is 0.166 e. The molecule has 0 amide bonds. The van der Waals surface area contributed by atoms with Crippen LogP contribution >= 0.6 is 35.4 Å². The lowest BCUT2D eigenvalue weighted by Crippen LogP contribution is -2.36. The number of nitrogens with two attached hydrogens (primary N) is 1. The van der Waals surface area contributed by atoms with E-state index in [1.165, 1.54) is 7.11 Å². The first-order chi connectivity index (χ1) is 11.4. The largest absolute Gasteiger partial charge is 0.504 e. The summed E-state index contributed by atoms with van der Waals surface area (Å²) in [6.45, 7) is 1.12. The van der Waals surface area contributed by atoms with E-state index in [9.17, 15) is 5.11 Å². The molecule has 0 radical (unpaired) electrons. The molecule has 2 rings (SSSR count). The third-order valence-corrected chi connectivity index (χ3v) is 4.44. The van der Waals surface area contributed by atoms with Crippen LogP contribution < -0.4 is 10.5 Å². The normalized spacial score (nSPS) is 10.5. The van der Waals surface area contributed by atoms with E-state index < -0.39 is 0 Å². The first-order valence-corrected chi connectivity index (χ1v) is 8.41. The summed E-state index contributed by atoms with van der Waals surface area (Å²) in [6.07, 6.45) is 0.683. The average Bonchev–Trinajstić information content (AvgIpc) is 2.54. The molecule has 4 nitrogen and oxygen atoms in total. The summed E-state index contributed by atoms with van der Waals surface area (Å²) in [4.78, 5) is 1.87. The molecule has 24 heavy (non-hydrogen) atoms. The van der Waals surface area contributed by atoms with Crippen LogP contribution in [0.25, 0.3) is 0 Å². The number of methoxy groups -OCH3 is 1. The lowest BCUT2D eigenvalue weighted by Gasteiger charge is -2.23. The van der Waals surface area contributed by atoms with E-state index in [4.69, 9.17) is 45.9 Å². The molecule has 0 aliphatic heterocycles. The predicted molar refractivity (Wildman–Crippen MR) is 102 cm³/mol. The van der Waals surface area contributed by atoms with Crippen LogP contribution in [-0.4, -0.2) is 28.8 Å². The molecular weight excluding hydrogens is 367 g/mol. The van der Waals surface area contributed by atoms with Crippen molar-refractivity contribution in [2.75, 3.05) is 13.7 Å². The molecule has 0 bridgehead atoms. The number of benzene rings is 2. The molecule has 0 aliphatic rings. The summed E-state index contributed by atoms with van der Waals surface area (Å²) in [5, 5.41) is 11.2. The summed E-state index contributed by atoms with van der Waals surface area (Å²) in [7, 11) is 1.51. The number of phenolic OH excluding ortho intramolecular Hbond substituents is 1. The third kappa shape index (κ3) is 4.90. The molecule has 0 spiro atoms. The second-order valence-electron chi connectivity index (χ2n) is 5.25. The number of phenols is 1. The van der Waals surface area contributed by atoms with Gasteiger partial charge in [0.15, 0.2) is 16.6 Å². The molecule has 0 aromatic heterocycles. The number of hydrogen-bond acceptors (Lipinski definition) is 3. The van der Waals surface area contributed by atoms with E-state index in [1.54, 1.807) is 30.3 Å². The molecule has 0 saturated carbocycles. The number of thiocarbonyl (C=S) groups is 1. The first-order valence-electron chi connectivity index (χ1n) is 7.25. The van der Waals surface area contributed by atoms with E-state index in [0.29, 0.717) is 40.4 Å². The minimum Gasteiger partial charge on any atom is -0.504 e. The Balaban J connectivity index is 2.08. The maximum absolute atomic E-state index is 9.67. The second-order valence-corrected chi connectivity index (χ2v) is 6.51. The van der Waals surface area contributed by atoms with Crippen LogP contribution in [0, 0.1) is 0 Å². The van der Waals surface area contributed by atoms with Gasteiger partial charge in [0.05, 0.1) is 7.11 Å². The lowest BCUT2D eigenvalue weighted by molar-refractivity contribution is 0.370.